The van der Waals surface area contributed by atoms with E-state index in [2.05, 4.69) is 41.5 Å². The first-order valence-electron chi connectivity index (χ1n) is 5.75. The summed E-state index contributed by atoms with van der Waals surface area (Å²) < 4.78 is 0. The van der Waals surface area contributed by atoms with Gasteiger partial charge in [-0.2, -0.15) is 0 Å². The molecule has 0 aliphatic rings. The van der Waals surface area contributed by atoms with E-state index in [1.165, 1.54) is 5.56 Å². The van der Waals surface area contributed by atoms with Crippen molar-refractivity contribution in [2.75, 3.05) is 5.32 Å². The van der Waals surface area contributed by atoms with Crippen molar-refractivity contribution in [3.63, 3.8) is 0 Å². The summed E-state index contributed by atoms with van der Waals surface area (Å²) in [5.41, 5.74) is 9.06. The van der Waals surface area contributed by atoms with Gasteiger partial charge in [-0.15, -0.1) is 0 Å². The Balaban J connectivity index is 2.06. The molecule has 1 unspecified atom stereocenters. The SMILES string of the molecule is CC(Nc1ccncc1)c1ccc(CN)cc1. The van der Waals surface area contributed by atoms with Crippen molar-refractivity contribution in [3.05, 3.63) is 59.9 Å². The monoisotopic (exact) mass is 227 g/mol. The Morgan fingerprint density at radius 3 is 2.35 bits per heavy atom. The third-order valence-corrected chi connectivity index (χ3v) is 2.78. The number of nitrogens with one attached hydrogen (secondary N) is 1. The molecule has 1 atom stereocenters. The highest BCUT2D eigenvalue weighted by Crippen LogP contribution is 2.18. The lowest BCUT2D eigenvalue weighted by molar-refractivity contribution is 0.881. The number of pyridine rings is 1. The minimum Gasteiger partial charge on any atom is -0.378 e. The Morgan fingerprint density at radius 1 is 1.12 bits per heavy atom. The van der Waals surface area contributed by atoms with Crippen molar-refractivity contribution in [2.24, 2.45) is 5.73 Å². The highest BCUT2D eigenvalue weighted by Gasteiger charge is 2.04. The zero-order valence-electron chi connectivity index (χ0n) is 9.93. The molecular formula is C14H17N3. The van der Waals surface area contributed by atoms with E-state index < -0.39 is 0 Å². The number of hydrogen-bond donors (Lipinski definition) is 2. The van der Waals surface area contributed by atoms with Crippen molar-refractivity contribution in [2.45, 2.75) is 19.5 Å². The minimum atomic E-state index is 0.268. The summed E-state index contributed by atoms with van der Waals surface area (Å²) in [5.74, 6) is 0. The maximum atomic E-state index is 5.58. The van der Waals surface area contributed by atoms with Gasteiger partial charge in [0, 0.05) is 30.7 Å². The summed E-state index contributed by atoms with van der Waals surface area (Å²) in [7, 11) is 0. The van der Waals surface area contributed by atoms with Crippen LogP contribution in [0.1, 0.15) is 24.1 Å². The summed E-state index contributed by atoms with van der Waals surface area (Å²) in [5, 5.41) is 3.42. The Labute approximate surface area is 102 Å². The number of rotatable bonds is 4. The van der Waals surface area contributed by atoms with Crippen LogP contribution in [0.4, 0.5) is 5.69 Å². The molecule has 0 bridgehead atoms. The van der Waals surface area contributed by atoms with E-state index in [-0.39, 0.29) is 6.04 Å². The molecule has 0 saturated carbocycles. The van der Waals surface area contributed by atoms with Crippen molar-refractivity contribution in [3.8, 4) is 0 Å². The van der Waals surface area contributed by atoms with E-state index in [0.717, 1.165) is 11.3 Å². The van der Waals surface area contributed by atoms with Gasteiger partial charge in [0.15, 0.2) is 0 Å². The smallest absolute Gasteiger partial charge is 0.0485 e. The summed E-state index contributed by atoms with van der Waals surface area (Å²) in [6.45, 7) is 2.73. The number of nitrogens with two attached hydrogens (primary N) is 1. The Kier molecular flexibility index (Phi) is 3.73. The van der Waals surface area contributed by atoms with Gasteiger partial charge in [0.2, 0.25) is 0 Å². The number of aromatic nitrogens is 1. The molecule has 0 amide bonds. The van der Waals surface area contributed by atoms with Crippen LogP contribution < -0.4 is 11.1 Å². The lowest BCUT2D eigenvalue weighted by atomic mass is 10.1. The molecule has 3 heteroatoms. The normalized spacial score (nSPS) is 12.1. The number of nitrogens with zero attached hydrogens (tertiary/aromatic N) is 1. The fraction of sp³-hybridized carbons (Fsp3) is 0.214. The van der Waals surface area contributed by atoms with E-state index in [9.17, 15) is 0 Å². The molecule has 2 rings (SSSR count). The Morgan fingerprint density at radius 2 is 1.76 bits per heavy atom. The summed E-state index contributed by atoms with van der Waals surface area (Å²) in [6.07, 6.45) is 3.57. The maximum Gasteiger partial charge on any atom is 0.0485 e. The van der Waals surface area contributed by atoms with Crippen LogP contribution in [0.2, 0.25) is 0 Å². The van der Waals surface area contributed by atoms with Crippen LogP contribution >= 0.6 is 0 Å². The van der Waals surface area contributed by atoms with E-state index >= 15 is 0 Å². The lowest BCUT2D eigenvalue weighted by Crippen LogP contribution is -2.07. The quantitative estimate of drug-likeness (QED) is 0.844. The van der Waals surface area contributed by atoms with Crippen LogP contribution in [0.3, 0.4) is 0 Å². The molecule has 88 valence electrons. The third kappa shape index (κ3) is 3.04. The van der Waals surface area contributed by atoms with Crippen molar-refractivity contribution < 1.29 is 0 Å². The number of anilines is 1. The molecule has 0 aliphatic carbocycles. The summed E-state index contributed by atoms with van der Waals surface area (Å²) >= 11 is 0. The Hall–Kier alpha value is -1.87. The van der Waals surface area contributed by atoms with Crippen LogP contribution in [0, 0.1) is 0 Å². The lowest BCUT2D eigenvalue weighted by Gasteiger charge is -2.15. The van der Waals surface area contributed by atoms with Crippen molar-refractivity contribution >= 4 is 5.69 Å². The van der Waals surface area contributed by atoms with Gasteiger partial charge < -0.3 is 11.1 Å². The summed E-state index contributed by atoms with van der Waals surface area (Å²) in [6, 6.07) is 12.6. The van der Waals surface area contributed by atoms with Gasteiger partial charge in [-0.25, -0.2) is 0 Å². The van der Waals surface area contributed by atoms with Gasteiger partial charge in [-0.1, -0.05) is 24.3 Å². The van der Waals surface area contributed by atoms with Gasteiger partial charge in [0.25, 0.3) is 0 Å². The zero-order chi connectivity index (χ0) is 12.1. The zero-order valence-corrected chi connectivity index (χ0v) is 9.93. The molecule has 3 N–H and O–H groups in total. The molecule has 0 radical (unpaired) electrons. The molecular weight excluding hydrogens is 210 g/mol. The minimum absolute atomic E-state index is 0.268. The number of hydrogen-bond acceptors (Lipinski definition) is 3. The second-order valence-corrected chi connectivity index (χ2v) is 4.05. The third-order valence-electron chi connectivity index (χ3n) is 2.78. The van der Waals surface area contributed by atoms with Crippen molar-refractivity contribution in [1.82, 2.24) is 4.98 Å². The Bertz CT molecular complexity index is 451. The average Bonchev–Trinajstić information content (AvgIpc) is 2.40. The van der Waals surface area contributed by atoms with Crippen LogP contribution in [0.5, 0.6) is 0 Å². The van der Waals surface area contributed by atoms with E-state index in [4.69, 9.17) is 5.73 Å². The van der Waals surface area contributed by atoms with Crippen LogP contribution in [-0.2, 0) is 6.54 Å². The predicted molar refractivity (Wildman–Crippen MR) is 70.6 cm³/mol. The number of benzene rings is 1. The molecule has 1 aromatic carbocycles. The van der Waals surface area contributed by atoms with E-state index in [1.807, 2.05) is 12.1 Å². The fourth-order valence-electron chi connectivity index (χ4n) is 1.72. The molecule has 1 heterocycles. The van der Waals surface area contributed by atoms with Crippen LogP contribution in [-0.4, -0.2) is 4.98 Å². The predicted octanol–water partition coefficient (Wildman–Crippen LogP) is 2.71. The molecule has 17 heavy (non-hydrogen) atoms. The van der Waals surface area contributed by atoms with Crippen LogP contribution in [0.25, 0.3) is 0 Å². The van der Waals surface area contributed by atoms with Crippen molar-refractivity contribution in [1.29, 1.82) is 0 Å². The largest absolute Gasteiger partial charge is 0.378 e. The van der Waals surface area contributed by atoms with Gasteiger partial charge in [0.1, 0.15) is 0 Å². The highest BCUT2D eigenvalue weighted by molar-refractivity contribution is 5.43. The first-order chi connectivity index (χ1) is 8.29. The highest BCUT2D eigenvalue weighted by atomic mass is 14.9. The second kappa shape index (κ2) is 5.46. The summed E-state index contributed by atoms with van der Waals surface area (Å²) in [4.78, 5) is 3.99. The molecule has 0 spiro atoms. The standard InChI is InChI=1S/C14H17N3/c1-11(17-14-6-8-16-9-7-14)13-4-2-12(10-15)3-5-13/h2-9,11H,10,15H2,1H3,(H,16,17). The van der Waals surface area contributed by atoms with Gasteiger partial charge in [-0.05, 0) is 30.2 Å². The molecule has 2 aromatic rings. The van der Waals surface area contributed by atoms with E-state index in [0.29, 0.717) is 6.54 Å². The molecule has 1 aromatic heterocycles. The van der Waals surface area contributed by atoms with E-state index in [1.54, 1.807) is 12.4 Å². The molecule has 0 fully saturated rings. The first kappa shape index (κ1) is 11.6. The molecule has 0 saturated heterocycles. The van der Waals surface area contributed by atoms with Gasteiger partial charge in [0.05, 0.1) is 0 Å². The first-order valence-corrected chi connectivity index (χ1v) is 5.75. The molecule has 3 nitrogen and oxygen atoms in total. The van der Waals surface area contributed by atoms with Gasteiger partial charge in [-0.3, -0.25) is 4.98 Å². The molecule has 0 aliphatic heterocycles. The maximum absolute atomic E-state index is 5.58. The fourth-order valence-corrected chi connectivity index (χ4v) is 1.72. The topological polar surface area (TPSA) is 50.9 Å². The van der Waals surface area contributed by atoms with Crippen LogP contribution in [0.15, 0.2) is 48.8 Å². The second-order valence-electron chi connectivity index (χ2n) is 4.05. The average molecular weight is 227 g/mol. The van der Waals surface area contributed by atoms with Gasteiger partial charge >= 0.3 is 0 Å².